The summed E-state index contributed by atoms with van der Waals surface area (Å²) >= 11 is 0. The molecule has 15 heavy (non-hydrogen) atoms. The minimum atomic E-state index is -0.715. The predicted octanol–water partition coefficient (Wildman–Crippen LogP) is 1.68. The molecule has 0 aromatic heterocycles. The van der Waals surface area contributed by atoms with Gasteiger partial charge in [0.15, 0.2) is 0 Å². The zero-order valence-electron chi connectivity index (χ0n) is 8.55. The van der Waals surface area contributed by atoms with E-state index >= 15 is 0 Å². The molecule has 5 heteroatoms. The average molecular weight is 213 g/mol. The van der Waals surface area contributed by atoms with Crippen molar-refractivity contribution in [3.05, 3.63) is 25.7 Å². The summed E-state index contributed by atoms with van der Waals surface area (Å²) in [4.78, 5) is 15.9. The highest BCUT2D eigenvalue weighted by atomic mass is 16.7. The van der Waals surface area contributed by atoms with Crippen LogP contribution in [0, 0.1) is 5.92 Å². The van der Waals surface area contributed by atoms with Crippen molar-refractivity contribution >= 4 is 6.16 Å². The van der Waals surface area contributed by atoms with Crippen molar-refractivity contribution < 1.29 is 19.1 Å². The normalized spacial score (nSPS) is 20.7. The molecule has 0 aromatic carbocycles. The Labute approximate surface area is 88.9 Å². The second kappa shape index (κ2) is 6.08. The Balaban J connectivity index is 2.15. The third kappa shape index (κ3) is 4.03. The van der Waals surface area contributed by atoms with Gasteiger partial charge in [-0.3, -0.25) is 0 Å². The molecule has 1 rings (SSSR count). The Hall–Kier alpha value is -1.49. The second-order valence-electron chi connectivity index (χ2n) is 3.16. The number of hydrogen-bond donors (Lipinski definition) is 0. The standard InChI is InChI=1S/C10H15NO4/c1-3-13-10(12)14-8-9-5-6-11(7-9)15-4-2/h3-4,9H,1-2,5-8H2. The van der Waals surface area contributed by atoms with Gasteiger partial charge in [0.05, 0.1) is 12.9 Å². The van der Waals surface area contributed by atoms with Crippen molar-refractivity contribution in [1.82, 2.24) is 5.06 Å². The van der Waals surface area contributed by atoms with Crippen LogP contribution in [-0.2, 0) is 14.3 Å². The van der Waals surface area contributed by atoms with Crippen LogP contribution in [0.25, 0.3) is 0 Å². The van der Waals surface area contributed by atoms with Gasteiger partial charge in [-0.15, -0.1) is 5.06 Å². The molecule has 1 atom stereocenters. The predicted molar refractivity (Wildman–Crippen MR) is 53.6 cm³/mol. The Bertz CT molecular complexity index is 242. The Morgan fingerprint density at radius 1 is 1.47 bits per heavy atom. The van der Waals surface area contributed by atoms with Crippen LogP contribution >= 0.6 is 0 Å². The van der Waals surface area contributed by atoms with E-state index in [0.29, 0.717) is 6.61 Å². The van der Waals surface area contributed by atoms with E-state index in [2.05, 4.69) is 17.9 Å². The van der Waals surface area contributed by atoms with Gasteiger partial charge in [-0.05, 0) is 6.42 Å². The van der Waals surface area contributed by atoms with E-state index in [1.54, 1.807) is 5.06 Å². The molecule has 0 aliphatic carbocycles. The molecular weight excluding hydrogens is 198 g/mol. The topological polar surface area (TPSA) is 48.0 Å². The van der Waals surface area contributed by atoms with Gasteiger partial charge in [-0.2, -0.15) is 0 Å². The number of rotatable bonds is 5. The molecule has 1 unspecified atom stereocenters. The van der Waals surface area contributed by atoms with Crippen molar-refractivity contribution in [2.45, 2.75) is 6.42 Å². The Morgan fingerprint density at radius 3 is 2.93 bits per heavy atom. The monoisotopic (exact) mass is 213 g/mol. The highest BCUT2D eigenvalue weighted by molar-refractivity contribution is 5.60. The highest BCUT2D eigenvalue weighted by Gasteiger charge is 2.24. The first-order valence-electron chi connectivity index (χ1n) is 4.73. The van der Waals surface area contributed by atoms with Crippen molar-refractivity contribution in [3.63, 3.8) is 0 Å². The van der Waals surface area contributed by atoms with Gasteiger partial charge < -0.3 is 14.3 Å². The molecule has 1 aliphatic rings. The summed E-state index contributed by atoms with van der Waals surface area (Å²) in [5.41, 5.74) is 0. The molecule has 1 aliphatic heterocycles. The fourth-order valence-corrected chi connectivity index (χ4v) is 1.42. The molecule has 0 amide bonds. The fraction of sp³-hybridized carbons (Fsp3) is 0.500. The SMILES string of the molecule is C=COC(=O)OCC1CCN(OC=C)C1. The minimum absolute atomic E-state index is 0.280. The van der Waals surface area contributed by atoms with Crippen LogP contribution in [0.15, 0.2) is 25.7 Å². The average Bonchev–Trinajstić information content (AvgIpc) is 2.64. The molecule has 1 saturated heterocycles. The largest absolute Gasteiger partial charge is 0.513 e. The van der Waals surface area contributed by atoms with E-state index in [0.717, 1.165) is 25.8 Å². The van der Waals surface area contributed by atoms with E-state index in [9.17, 15) is 4.79 Å². The number of carbonyl (C=O) groups is 1. The maximum atomic E-state index is 10.8. The quantitative estimate of drug-likeness (QED) is 0.513. The van der Waals surface area contributed by atoms with E-state index in [4.69, 9.17) is 9.57 Å². The van der Waals surface area contributed by atoms with Crippen molar-refractivity contribution in [2.24, 2.45) is 5.92 Å². The van der Waals surface area contributed by atoms with Crippen LogP contribution in [0.1, 0.15) is 6.42 Å². The van der Waals surface area contributed by atoms with Gasteiger partial charge in [-0.1, -0.05) is 13.2 Å². The van der Waals surface area contributed by atoms with Crippen molar-refractivity contribution in [2.75, 3.05) is 19.7 Å². The molecule has 0 aromatic rings. The first-order chi connectivity index (χ1) is 7.26. The molecule has 1 heterocycles. The summed E-state index contributed by atoms with van der Waals surface area (Å²) in [6, 6.07) is 0. The molecule has 0 N–H and O–H groups in total. The number of hydrogen-bond acceptors (Lipinski definition) is 5. The Morgan fingerprint density at radius 2 is 2.27 bits per heavy atom. The number of nitrogens with zero attached hydrogens (tertiary/aromatic N) is 1. The maximum absolute atomic E-state index is 10.8. The maximum Gasteiger partial charge on any atom is 0.513 e. The van der Waals surface area contributed by atoms with E-state index in [1.807, 2.05) is 0 Å². The molecule has 0 radical (unpaired) electrons. The van der Waals surface area contributed by atoms with Crippen LogP contribution < -0.4 is 0 Å². The number of ether oxygens (including phenoxy) is 2. The van der Waals surface area contributed by atoms with Crippen LogP contribution in [0.5, 0.6) is 0 Å². The lowest BCUT2D eigenvalue weighted by Gasteiger charge is -2.13. The molecule has 0 spiro atoms. The van der Waals surface area contributed by atoms with Crippen LogP contribution in [0.2, 0.25) is 0 Å². The third-order valence-corrected chi connectivity index (χ3v) is 2.09. The number of carbonyl (C=O) groups excluding carboxylic acids is 1. The lowest BCUT2D eigenvalue weighted by molar-refractivity contribution is -0.0863. The smallest absolute Gasteiger partial charge is 0.434 e. The van der Waals surface area contributed by atoms with Gasteiger partial charge in [0.25, 0.3) is 0 Å². The summed E-state index contributed by atoms with van der Waals surface area (Å²) in [7, 11) is 0. The fourth-order valence-electron chi connectivity index (χ4n) is 1.42. The van der Waals surface area contributed by atoms with Gasteiger partial charge in [-0.25, -0.2) is 4.79 Å². The van der Waals surface area contributed by atoms with Crippen LogP contribution in [0.4, 0.5) is 4.79 Å². The molecule has 0 saturated carbocycles. The van der Waals surface area contributed by atoms with Crippen LogP contribution in [-0.4, -0.2) is 30.9 Å². The van der Waals surface area contributed by atoms with E-state index in [1.165, 1.54) is 6.26 Å². The van der Waals surface area contributed by atoms with Gasteiger partial charge >= 0.3 is 6.16 Å². The molecule has 1 fully saturated rings. The lowest BCUT2D eigenvalue weighted by atomic mass is 10.1. The summed E-state index contributed by atoms with van der Waals surface area (Å²) in [5, 5.41) is 1.78. The Kier molecular flexibility index (Phi) is 4.70. The van der Waals surface area contributed by atoms with Crippen molar-refractivity contribution in [3.8, 4) is 0 Å². The minimum Gasteiger partial charge on any atom is -0.434 e. The zero-order chi connectivity index (χ0) is 11.1. The molecule has 0 bridgehead atoms. The molecule has 5 nitrogen and oxygen atoms in total. The van der Waals surface area contributed by atoms with Gasteiger partial charge in [0.1, 0.15) is 6.26 Å². The zero-order valence-corrected chi connectivity index (χ0v) is 8.55. The summed E-state index contributed by atoms with van der Waals surface area (Å²) in [6.07, 6.45) is 2.64. The second-order valence-corrected chi connectivity index (χ2v) is 3.16. The number of hydroxylamine groups is 2. The lowest BCUT2D eigenvalue weighted by Crippen LogP contribution is -2.20. The highest BCUT2D eigenvalue weighted by Crippen LogP contribution is 2.16. The summed E-state index contributed by atoms with van der Waals surface area (Å²) in [6.45, 7) is 8.60. The van der Waals surface area contributed by atoms with E-state index in [-0.39, 0.29) is 5.92 Å². The first kappa shape index (κ1) is 11.6. The van der Waals surface area contributed by atoms with E-state index < -0.39 is 6.16 Å². The van der Waals surface area contributed by atoms with Gasteiger partial charge in [0, 0.05) is 19.0 Å². The van der Waals surface area contributed by atoms with Crippen LogP contribution in [0.3, 0.4) is 0 Å². The third-order valence-electron chi connectivity index (χ3n) is 2.09. The first-order valence-corrected chi connectivity index (χ1v) is 4.73. The molecular formula is C10H15NO4. The van der Waals surface area contributed by atoms with Crippen molar-refractivity contribution in [1.29, 1.82) is 0 Å². The summed E-state index contributed by atoms with van der Waals surface area (Å²) < 4.78 is 9.27. The summed E-state index contributed by atoms with van der Waals surface area (Å²) in [5.74, 6) is 0.280. The van der Waals surface area contributed by atoms with Gasteiger partial charge in [0.2, 0.25) is 0 Å². The molecule has 84 valence electrons.